The van der Waals surface area contributed by atoms with Crippen molar-refractivity contribution < 1.29 is 13.6 Å². The number of carbonyl (C=O) groups excluding carboxylic acids is 1. The number of carbonyl (C=O) groups is 1. The maximum absolute atomic E-state index is 13.4. The largest absolute Gasteiger partial charge is 0.352 e. The highest BCUT2D eigenvalue weighted by Crippen LogP contribution is 2.19. The van der Waals surface area contributed by atoms with Crippen LogP contribution in [-0.2, 0) is 0 Å². The number of nitrogens with one attached hydrogen (secondary N) is 1. The minimum absolute atomic E-state index is 0.0691. The van der Waals surface area contributed by atoms with E-state index in [0.717, 1.165) is 6.07 Å². The Kier molecular flexibility index (Phi) is 3.74. The first-order valence-electron chi connectivity index (χ1n) is 6.01. The normalized spacial score (nSPS) is 11.0. The highest BCUT2D eigenvalue weighted by molar-refractivity contribution is 5.97. The van der Waals surface area contributed by atoms with E-state index >= 15 is 0 Å². The van der Waals surface area contributed by atoms with Crippen molar-refractivity contribution in [1.82, 2.24) is 10.3 Å². The molecule has 5 heteroatoms. The molecule has 0 radical (unpaired) electrons. The van der Waals surface area contributed by atoms with Crippen LogP contribution in [0.5, 0.6) is 0 Å². The van der Waals surface area contributed by atoms with Crippen LogP contribution in [-0.4, -0.2) is 17.4 Å². The van der Waals surface area contributed by atoms with Gasteiger partial charge in [-0.05, 0) is 24.1 Å². The van der Waals surface area contributed by atoms with Crippen molar-refractivity contribution in [3.8, 4) is 0 Å². The third-order valence-corrected chi connectivity index (χ3v) is 2.68. The van der Waals surface area contributed by atoms with E-state index in [1.165, 1.54) is 18.3 Å². The van der Waals surface area contributed by atoms with Gasteiger partial charge < -0.3 is 5.32 Å². The van der Waals surface area contributed by atoms with Crippen LogP contribution in [0.2, 0.25) is 0 Å². The van der Waals surface area contributed by atoms with Crippen molar-refractivity contribution in [3.05, 3.63) is 41.6 Å². The number of fused-ring (bicyclic) bond motifs is 1. The van der Waals surface area contributed by atoms with Crippen LogP contribution < -0.4 is 5.32 Å². The molecule has 1 N–H and O–H groups in total. The summed E-state index contributed by atoms with van der Waals surface area (Å²) < 4.78 is 26.5. The molecule has 0 saturated carbocycles. The smallest absolute Gasteiger partial charge is 0.252 e. The predicted octanol–water partition coefficient (Wildman–Crippen LogP) is 2.90. The van der Waals surface area contributed by atoms with Gasteiger partial charge >= 0.3 is 0 Å². The average Bonchev–Trinajstić information content (AvgIpc) is 2.40. The third-order valence-electron chi connectivity index (χ3n) is 2.68. The number of aromatic nitrogens is 1. The summed E-state index contributed by atoms with van der Waals surface area (Å²) in [7, 11) is 0. The van der Waals surface area contributed by atoms with Crippen LogP contribution in [0.1, 0.15) is 24.2 Å². The van der Waals surface area contributed by atoms with Crippen LogP contribution in [0.3, 0.4) is 0 Å². The molecule has 2 aromatic rings. The van der Waals surface area contributed by atoms with Crippen molar-refractivity contribution in [2.75, 3.05) is 6.54 Å². The fourth-order valence-corrected chi connectivity index (χ4v) is 1.66. The number of hydrogen-bond acceptors (Lipinski definition) is 2. The number of pyridine rings is 1. The molecule has 0 aliphatic rings. The molecule has 0 saturated heterocycles. The molecule has 1 aromatic heterocycles. The van der Waals surface area contributed by atoms with Crippen LogP contribution in [0.15, 0.2) is 24.4 Å². The summed E-state index contributed by atoms with van der Waals surface area (Å²) in [4.78, 5) is 15.6. The number of benzene rings is 1. The molecule has 19 heavy (non-hydrogen) atoms. The Morgan fingerprint density at radius 3 is 2.79 bits per heavy atom. The zero-order valence-corrected chi connectivity index (χ0v) is 10.7. The fraction of sp³-hybridized carbons (Fsp3) is 0.286. The van der Waals surface area contributed by atoms with E-state index in [9.17, 15) is 13.6 Å². The zero-order valence-electron chi connectivity index (χ0n) is 10.7. The first-order valence-corrected chi connectivity index (χ1v) is 6.01. The second-order valence-electron chi connectivity index (χ2n) is 4.76. The summed E-state index contributed by atoms with van der Waals surface area (Å²) in [5, 5.41) is 3.14. The Labute approximate surface area is 109 Å². The molecule has 1 heterocycles. The van der Waals surface area contributed by atoms with Gasteiger partial charge in [-0.15, -0.1) is 0 Å². The molecule has 1 amide bonds. The summed E-state index contributed by atoms with van der Waals surface area (Å²) in [5.74, 6) is -1.87. The topological polar surface area (TPSA) is 42.0 Å². The van der Waals surface area contributed by atoms with Crippen LogP contribution in [0.25, 0.3) is 10.9 Å². The minimum atomic E-state index is -0.994. The van der Waals surface area contributed by atoms with Gasteiger partial charge in [0.15, 0.2) is 11.6 Å². The highest BCUT2D eigenvalue weighted by atomic mass is 19.2. The molecule has 0 aliphatic heterocycles. The van der Waals surface area contributed by atoms with E-state index in [4.69, 9.17) is 0 Å². The van der Waals surface area contributed by atoms with E-state index in [1.807, 2.05) is 13.8 Å². The Morgan fingerprint density at radius 2 is 2.11 bits per heavy atom. The van der Waals surface area contributed by atoms with Gasteiger partial charge in [0.2, 0.25) is 0 Å². The lowest BCUT2D eigenvalue weighted by molar-refractivity contribution is 0.0949. The van der Waals surface area contributed by atoms with E-state index in [1.54, 1.807) is 0 Å². The van der Waals surface area contributed by atoms with E-state index in [2.05, 4.69) is 10.3 Å². The van der Waals surface area contributed by atoms with Crippen LogP contribution in [0.4, 0.5) is 8.78 Å². The minimum Gasteiger partial charge on any atom is -0.352 e. The predicted molar refractivity (Wildman–Crippen MR) is 68.8 cm³/mol. The van der Waals surface area contributed by atoms with Gasteiger partial charge in [-0.25, -0.2) is 8.78 Å². The van der Waals surface area contributed by atoms with Gasteiger partial charge in [-0.3, -0.25) is 9.78 Å². The molecule has 0 bridgehead atoms. The monoisotopic (exact) mass is 264 g/mol. The molecule has 100 valence electrons. The van der Waals surface area contributed by atoms with E-state index in [0.29, 0.717) is 23.4 Å². The molecule has 0 atom stereocenters. The lowest BCUT2D eigenvalue weighted by atomic mass is 10.1. The van der Waals surface area contributed by atoms with Crippen LogP contribution >= 0.6 is 0 Å². The Balaban J connectivity index is 2.32. The van der Waals surface area contributed by atoms with E-state index in [-0.39, 0.29) is 11.4 Å². The number of rotatable bonds is 3. The maximum Gasteiger partial charge on any atom is 0.252 e. The second-order valence-corrected chi connectivity index (χ2v) is 4.76. The summed E-state index contributed by atoms with van der Waals surface area (Å²) in [6.07, 6.45) is 1.25. The third kappa shape index (κ3) is 2.86. The van der Waals surface area contributed by atoms with Gasteiger partial charge in [-0.1, -0.05) is 13.8 Å². The Bertz CT molecular complexity index is 626. The Hall–Kier alpha value is -2.04. The first kappa shape index (κ1) is 13.4. The zero-order chi connectivity index (χ0) is 14.0. The molecule has 2 rings (SSSR count). The maximum atomic E-state index is 13.4. The summed E-state index contributed by atoms with van der Waals surface area (Å²) in [6.45, 7) is 4.52. The van der Waals surface area contributed by atoms with Crippen molar-refractivity contribution in [1.29, 1.82) is 0 Å². The summed E-state index contributed by atoms with van der Waals surface area (Å²) >= 11 is 0. The van der Waals surface area contributed by atoms with Crippen molar-refractivity contribution in [2.45, 2.75) is 13.8 Å². The lowest BCUT2D eigenvalue weighted by Gasteiger charge is -2.08. The van der Waals surface area contributed by atoms with Crippen molar-refractivity contribution >= 4 is 16.8 Å². The molecule has 0 spiro atoms. The van der Waals surface area contributed by atoms with Crippen molar-refractivity contribution in [2.24, 2.45) is 5.92 Å². The summed E-state index contributed by atoms with van der Waals surface area (Å²) in [5.41, 5.74) is 0.263. The van der Waals surface area contributed by atoms with E-state index < -0.39 is 11.6 Å². The number of amides is 1. The van der Waals surface area contributed by atoms with Gasteiger partial charge in [0.25, 0.3) is 5.91 Å². The van der Waals surface area contributed by atoms with Gasteiger partial charge in [0.05, 0.1) is 5.56 Å². The molecular formula is C14H14F2N2O. The Morgan fingerprint density at radius 1 is 1.37 bits per heavy atom. The van der Waals surface area contributed by atoms with Crippen LogP contribution in [0, 0.1) is 17.6 Å². The SMILES string of the molecule is CC(C)CNC(=O)c1cnc2c(F)c(F)ccc2c1. The average molecular weight is 264 g/mol. The lowest BCUT2D eigenvalue weighted by Crippen LogP contribution is -2.27. The molecule has 0 fully saturated rings. The first-order chi connectivity index (χ1) is 8.99. The van der Waals surface area contributed by atoms with Gasteiger partial charge in [0, 0.05) is 18.1 Å². The second kappa shape index (κ2) is 5.30. The fourth-order valence-electron chi connectivity index (χ4n) is 1.66. The standard InChI is InChI=1S/C14H14F2N2O/c1-8(2)6-18-14(19)10-5-9-3-4-11(15)12(16)13(9)17-7-10/h3-5,7-8H,6H2,1-2H3,(H,18,19). The molecule has 0 unspecified atom stereocenters. The number of hydrogen-bond donors (Lipinski definition) is 1. The molecular weight excluding hydrogens is 250 g/mol. The molecule has 3 nitrogen and oxygen atoms in total. The number of halogens is 2. The van der Waals surface area contributed by atoms with Crippen molar-refractivity contribution in [3.63, 3.8) is 0 Å². The quantitative estimate of drug-likeness (QED) is 0.926. The molecule has 1 aromatic carbocycles. The molecule has 0 aliphatic carbocycles. The summed E-state index contributed by atoms with van der Waals surface area (Å²) in [6, 6.07) is 3.93. The van der Waals surface area contributed by atoms with Gasteiger partial charge in [0.1, 0.15) is 5.52 Å². The number of nitrogens with zero attached hydrogens (tertiary/aromatic N) is 1. The highest BCUT2D eigenvalue weighted by Gasteiger charge is 2.12. The van der Waals surface area contributed by atoms with Gasteiger partial charge in [-0.2, -0.15) is 0 Å².